The minimum absolute atomic E-state index is 0.184. The van der Waals surface area contributed by atoms with Crippen LogP contribution in [-0.4, -0.2) is 13.4 Å². The second kappa shape index (κ2) is 12.0. The Morgan fingerprint density at radius 2 is 0.603 bits per heavy atom. The van der Waals surface area contributed by atoms with E-state index < -0.39 is 0 Å². The SMILES string of the molecule is c1ccc(Oc2cc3c4c(c2)Oc2cc5ccccc5cc2B4c2cc4c(cc2O3)Oc2cc(Oc3ccccc3)cc3c2B4c2cc4ccccc4cc2O3)cc1. The Morgan fingerprint density at radius 1 is 0.276 bits per heavy atom. The van der Waals surface area contributed by atoms with E-state index in [9.17, 15) is 0 Å². The van der Waals surface area contributed by atoms with Crippen LogP contribution in [0.15, 0.2) is 170 Å². The van der Waals surface area contributed by atoms with Crippen LogP contribution in [0.5, 0.6) is 69.0 Å². The number of hydrogen-bond acceptors (Lipinski definition) is 6. The molecule has 0 amide bonds. The number of hydrogen-bond donors (Lipinski definition) is 0. The van der Waals surface area contributed by atoms with Gasteiger partial charge < -0.3 is 28.4 Å². The number of benzene rings is 9. The average Bonchev–Trinajstić information content (AvgIpc) is 3.25. The fourth-order valence-electron chi connectivity index (χ4n) is 9.18. The van der Waals surface area contributed by atoms with Gasteiger partial charge in [0.25, 0.3) is 13.4 Å². The van der Waals surface area contributed by atoms with Gasteiger partial charge >= 0.3 is 0 Å². The molecule has 0 saturated heterocycles. The van der Waals surface area contributed by atoms with E-state index >= 15 is 0 Å². The van der Waals surface area contributed by atoms with Crippen LogP contribution in [0.25, 0.3) is 21.5 Å². The lowest BCUT2D eigenvalue weighted by Crippen LogP contribution is -2.61. The third-order valence-electron chi connectivity index (χ3n) is 11.7. The Hall–Kier alpha value is -7.57. The van der Waals surface area contributed by atoms with Crippen LogP contribution in [0.3, 0.4) is 0 Å². The minimum Gasteiger partial charge on any atom is -0.458 e. The van der Waals surface area contributed by atoms with Gasteiger partial charge in [-0.1, -0.05) is 103 Å². The van der Waals surface area contributed by atoms with Crippen molar-refractivity contribution in [1.29, 1.82) is 0 Å². The number of ether oxygens (including phenoxy) is 6. The monoisotopic (exact) mass is 746 g/mol. The van der Waals surface area contributed by atoms with Crippen molar-refractivity contribution in [1.82, 2.24) is 0 Å². The van der Waals surface area contributed by atoms with Crippen LogP contribution in [0.2, 0.25) is 0 Å². The van der Waals surface area contributed by atoms with Crippen molar-refractivity contribution in [2.75, 3.05) is 0 Å². The molecule has 4 aliphatic rings. The maximum Gasteiger partial charge on any atom is 0.260 e. The Kier molecular flexibility index (Phi) is 6.52. The van der Waals surface area contributed by atoms with Crippen molar-refractivity contribution in [3.05, 3.63) is 170 Å². The van der Waals surface area contributed by atoms with E-state index in [4.69, 9.17) is 28.4 Å². The lowest BCUT2D eigenvalue weighted by molar-refractivity contribution is 0.435. The second-order valence-electron chi connectivity index (χ2n) is 15.2. The molecule has 9 aromatic carbocycles. The van der Waals surface area contributed by atoms with Gasteiger partial charge in [-0.15, -0.1) is 0 Å². The number of rotatable bonds is 4. The molecule has 0 bridgehead atoms. The van der Waals surface area contributed by atoms with Crippen LogP contribution < -0.4 is 61.2 Å². The maximum atomic E-state index is 6.91. The molecule has 0 aliphatic carbocycles. The largest absolute Gasteiger partial charge is 0.458 e. The lowest BCUT2D eigenvalue weighted by Gasteiger charge is -2.37. The normalized spacial score (nSPS) is 13.3. The van der Waals surface area contributed by atoms with E-state index in [1.807, 2.05) is 84.9 Å². The molecule has 6 nitrogen and oxygen atoms in total. The Morgan fingerprint density at radius 3 is 1.00 bits per heavy atom. The molecule has 4 heterocycles. The highest BCUT2D eigenvalue weighted by Crippen LogP contribution is 2.43. The van der Waals surface area contributed by atoms with Crippen molar-refractivity contribution in [3.8, 4) is 69.0 Å². The first kappa shape index (κ1) is 31.6. The smallest absolute Gasteiger partial charge is 0.260 e. The topological polar surface area (TPSA) is 55.4 Å². The summed E-state index contributed by atoms with van der Waals surface area (Å²) in [7, 11) is 0. The Labute approximate surface area is 333 Å². The van der Waals surface area contributed by atoms with Crippen LogP contribution >= 0.6 is 0 Å². The zero-order valence-electron chi connectivity index (χ0n) is 30.8. The summed E-state index contributed by atoms with van der Waals surface area (Å²) >= 11 is 0. The second-order valence-corrected chi connectivity index (χ2v) is 15.2. The first-order chi connectivity index (χ1) is 28.7. The maximum absolute atomic E-state index is 6.91. The van der Waals surface area contributed by atoms with E-state index in [0.29, 0.717) is 46.0 Å². The van der Waals surface area contributed by atoms with E-state index in [-0.39, 0.29) is 13.4 Å². The van der Waals surface area contributed by atoms with Crippen molar-refractivity contribution in [3.63, 3.8) is 0 Å². The molecule has 0 radical (unpaired) electrons. The summed E-state index contributed by atoms with van der Waals surface area (Å²) in [5.74, 6) is 8.52. The van der Waals surface area contributed by atoms with Gasteiger partial charge in [-0.25, -0.2) is 0 Å². The molecular formula is C50H28B2O6. The fourth-order valence-corrected chi connectivity index (χ4v) is 9.18. The zero-order chi connectivity index (χ0) is 37.9. The molecule has 0 N–H and O–H groups in total. The summed E-state index contributed by atoms with van der Waals surface area (Å²) in [6.45, 7) is -0.367. The van der Waals surface area contributed by atoms with E-state index in [0.717, 1.165) is 77.3 Å². The summed E-state index contributed by atoms with van der Waals surface area (Å²) in [5, 5.41) is 4.51. The van der Waals surface area contributed by atoms with Crippen molar-refractivity contribution in [2.45, 2.75) is 0 Å². The minimum atomic E-state index is -0.184. The molecule has 4 aliphatic heterocycles. The highest BCUT2D eigenvalue weighted by atomic mass is 16.5. The molecule has 270 valence electrons. The van der Waals surface area contributed by atoms with Crippen molar-refractivity contribution >= 4 is 67.7 Å². The average molecular weight is 746 g/mol. The molecule has 13 rings (SSSR count). The van der Waals surface area contributed by atoms with Gasteiger partial charge in [0.2, 0.25) is 0 Å². The van der Waals surface area contributed by atoms with Gasteiger partial charge in [-0.2, -0.15) is 0 Å². The highest BCUT2D eigenvalue weighted by Gasteiger charge is 2.46. The van der Waals surface area contributed by atoms with Crippen molar-refractivity contribution in [2.24, 2.45) is 0 Å². The summed E-state index contributed by atoms with van der Waals surface area (Å²) in [4.78, 5) is 0. The van der Waals surface area contributed by atoms with Crippen LogP contribution in [0, 0.1) is 0 Å². The summed E-state index contributed by atoms with van der Waals surface area (Å²) in [6, 6.07) is 57.4. The zero-order valence-corrected chi connectivity index (χ0v) is 30.8. The molecule has 0 spiro atoms. The van der Waals surface area contributed by atoms with Gasteiger partial charge in [0.15, 0.2) is 0 Å². The predicted octanol–water partition coefficient (Wildman–Crippen LogP) is 9.03. The molecule has 0 atom stereocenters. The molecule has 58 heavy (non-hydrogen) atoms. The predicted molar refractivity (Wildman–Crippen MR) is 230 cm³/mol. The molecule has 0 fully saturated rings. The molecule has 0 aromatic heterocycles. The highest BCUT2D eigenvalue weighted by molar-refractivity contribution is 7.01. The van der Waals surface area contributed by atoms with Gasteiger partial charge in [0.1, 0.15) is 69.0 Å². The first-order valence-corrected chi connectivity index (χ1v) is 19.4. The van der Waals surface area contributed by atoms with Crippen LogP contribution in [0.4, 0.5) is 0 Å². The third-order valence-corrected chi connectivity index (χ3v) is 11.7. The van der Waals surface area contributed by atoms with Crippen LogP contribution in [0.1, 0.15) is 0 Å². The van der Waals surface area contributed by atoms with Crippen molar-refractivity contribution < 1.29 is 28.4 Å². The van der Waals surface area contributed by atoms with E-state index in [1.165, 1.54) is 0 Å². The molecule has 8 heteroatoms. The van der Waals surface area contributed by atoms with E-state index in [2.05, 4.69) is 84.9 Å². The van der Waals surface area contributed by atoms with E-state index in [1.54, 1.807) is 0 Å². The number of fused-ring (bicyclic) bond motifs is 10. The van der Waals surface area contributed by atoms with Gasteiger partial charge in [0.05, 0.1) is 0 Å². The van der Waals surface area contributed by atoms with Crippen LogP contribution in [-0.2, 0) is 0 Å². The van der Waals surface area contributed by atoms with Gasteiger partial charge in [-0.05, 0) is 79.8 Å². The summed E-state index contributed by atoms with van der Waals surface area (Å²) in [5.41, 5.74) is 6.16. The first-order valence-electron chi connectivity index (χ1n) is 19.4. The molecule has 9 aromatic rings. The van der Waals surface area contributed by atoms with Gasteiger partial charge in [-0.3, -0.25) is 0 Å². The Balaban J connectivity index is 1.02. The Bertz CT molecular complexity index is 2990. The molecular weight excluding hydrogens is 718 g/mol. The lowest BCUT2D eigenvalue weighted by atomic mass is 9.31. The number of para-hydroxylation sites is 2. The standard InChI is InChI=1S/C50H28B2O6/c1-3-15-33(16-4-1)53-35-23-45-49-47(25-35)57-43-28-44-40(27-39(43)51(49)37-19-29-11-7-9-13-31(29)21-41(37)55-45)52-38-20-30-12-8-10-14-32(30)22-42(38)56-46-24-36(26-48(58-44)50(46)52)54-34-17-5-2-6-18-34/h1-28H. The quantitative estimate of drug-likeness (QED) is 0.168. The summed E-state index contributed by atoms with van der Waals surface area (Å²) in [6.07, 6.45) is 0. The fraction of sp³-hybridized carbons (Fsp3) is 0. The molecule has 0 saturated carbocycles. The van der Waals surface area contributed by atoms with Gasteiger partial charge in [0, 0.05) is 41.3 Å². The summed E-state index contributed by atoms with van der Waals surface area (Å²) < 4.78 is 40.1. The third kappa shape index (κ3) is 4.81. The molecule has 0 unspecified atom stereocenters.